The minimum Gasteiger partial charge on any atom is -0.301 e. The molecule has 0 bridgehead atoms. The van der Waals surface area contributed by atoms with E-state index in [4.69, 9.17) is 11.6 Å². The Morgan fingerprint density at radius 1 is 0.800 bits per heavy atom. The summed E-state index contributed by atoms with van der Waals surface area (Å²) in [6.45, 7) is 4.96. The average molecular weight is 575 g/mol. The van der Waals surface area contributed by atoms with Gasteiger partial charge in [0.1, 0.15) is 0 Å². The number of rotatable bonds is 8. The zero-order valence-electron chi connectivity index (χ0n) is 22.4. The van der Waals surface area contributed by atoms with Crippen LogP contribution in [0.5, 0.6) is 0 Å². The van der Waals surface area contributed by atoms with Crippen LogP contribution < -0.4 is 11.2 Å². The molecule has 0 unspecified atom stereocenters. The highest BCUT2D eigenvalue weighted by Gasteiger charge is 2.33. The number of piperazine rings is 1. The number of unbranched alkanes of at least 4 members (excludes halogenated alkanes) is 1. The highest BCUT2D eigenvalue weighted by Crippen LogP contribution is 2.33. The molecule has 0 amide bonds. The summed E-state index contributed by atoms with van der Waals surface area (Å²) in [7, 11) is 0. The van der Waals surface area contributed by atoms with Gasteiger partial charge in [-0.2, -0.15) is 13.2 Å². The van der Waals surface area contributed by atoms with Crippen LogP contribution in [0.4, 0.5) is 13.2 Å². The standard InChI is InChI=1S/C30H34ClF3N4O2/c31-25-12-4-2-10-23(25)27-26-13-5-6-15-37(26)29(40)38(28(27)39)16-8-7-14-35-17-19-36(20-18-35)21-22-9-1-3-11-24(22)30(32,33)34/h1-4,9-12H,5-8,13-21H2. The third-order valence-electron chi connectivity index (χ3n) is 8.01. The van der Waals surface area contributed by atoms with Crippen LogP contribution in [-0.4, -0.2) is 51.7 Å². The van der Waals surface area contributed by atoms with Gasteiger partial charge in [0.25, 0.3) is 5.56 Å². The van der Waals surface area contributed by atoms with Crippen molar-refractivity contribution in [3.05, 3.63) is 91.2 Å². The molecular formula is C30H34ClF3N4O2. The van der Waals surface area contributed by atoms with Gasteiger partial charge in [0, 0.05) is 62.1 Å². The molecule has 3 heterocycles. The van der Waals surface area contributed by atoms with Gasteiger partial charge in [0.15, 0.2) is 0 Å². The molecule has 214 valence electrons. The highest BCUT2D eigenvalue weighted by molar-refractivity contribution is 6.33. The van der Waals surface area contributed by atoms with Crippen molar-refractivity contribution in [2.45, 2.75) is 57.9 Å². The van der Waals surface area contributed by atoms with Crippen LogP contribution >= 0.6 is 11.6 Å². The number of hydrogen-bond acceptors (Lipinski definition) is 4. The second kappa shape index (κ2) is 12.3. The van der Waals surface area contributed by atoms with Crippen molar-refractivity contribution >= 4 is 11.6 Å². The van der Waals surface area contributed by atoms with E-state index in [9.17, 15) is 22.8 Å². The molecule has 2 aliphatic heterocycles. The highest BCUT2D eigenvalue weighted by atomic mass is 35.5. The van der Waals surface area contributed by atoms with Gasteiger partial charge in [-0.05, 0) is 56.3 Å². The summed E-state index contributed by atoms with van der Waals surface area (Å²) < 4.78 is 43.1. The molecule has 3 aromatic rings. The molecule has 1 aromatic heterocycles. The molecule has 0 spiro atoms. The van der Waals surface area contributed by atoms with Crippen LogP contribution in [0, 0.1) is 0 Å². The first-order chi connectivity index (χ1) is 19.2. The second-order valence-corrected chi connectivity index (χ2v) is 11.0. The van der Waals surface area contributed by atoms with E-state index in [0.29, 0.717) is 60.7 Å². The zero-order chi connectivity index (χ0) is 28.3. The first-order valence-electron chi connectivity index (χ1n) is 14.0. The fraction of sp³-hybridized carbons (Fsp3) is 0.467. The number of benzene rings is 2. The summed E-state index contributed by atoms with van der Waals surface area (Å²) in [5, 5.41) is 0.499. The Bertz CT molecular complexity index is 1460. The number of aromatic nitrogens is 2. The topological polar surface area (TPSA) is 50.5 Å². The normalized spacial score (nSPS) is 16.7. The number of halogens is 4. The largest absolute Gasteiger partial charge is 0.416 e. The van der Waals surface area contributed by atoms with Crippen molar-refractivity contribution < 1.29 is 13.2 Å². The minimum atomic E-state index is -4.35. The summed E-state index contributed by atoms with van der Waals surface area (Å²) in [6.07, 6.45) is -0.348. The van der Waals surface area contributed by atoms with Gasteiger partial charge < -0.3 is 4.90 Å². The summed E-state index contributed by atoms with van der Waals surface area (Å²) in [5.74, 6) is 0. The van der Waals surface area contributed by atoms with E-state index in [2.05, 4.69) is 9.80 Å². The second-order valence-electron chi connectivity index (χ2n) is 10.6. The van der Waals surface area contributed by atoms with Crippen molar-refractivity contribution in [1.29, 1.82) is 0 Å². The third-order valence-corrected chi connectivity index (χ3v) is 8.34. The SMILES string of the molecule is O=c1c(-c2ccccc2Cl)c2n(c(=O)n1CCCCN1CCN(Cc3ccccc3C(F)(F)F)CC1)CCCC2. The maximum Gasteiger partial charge on any atom is 0.416 e. The van der Waals surface area contributed by atoms with Crippen molar-refractivity contribution in [2.75, 3.05) is 32.7 Å². The molecule has 0 N–H and O–H groups in total. The lowest BCUT2D eigenvalue weighted by atomic mass is 9.99. The van der Waals surface area contributed by atoms with E-state index < -0.39 is 11.7 Å². The summed E-state index contributed by atoms with van der Waals surface area (Å²) in [5.41, 5.74) is 1.20. The molecule has 40 heavy (non-hydrogen) atoms. The maximum atomic E-state index is 13.6. The lowest BCUT2D eigenvalue weighted by molar-refractivity contribution is -0.138. The van der Waals surface area contributed by atoms with Gasteiger partial charge in [-0.3, -0.25) is 18.8 Å². The molecule has 0 atom stereocenters. The molecule has 0 aliphatic carbocycles. The van der Waals surface area contributed by atoms with Crippen LogP contribution in [-0.2, 0) is 32.2 Å². The molecule has 1 saturated heterocycles. The van der Waals surface area contributed by atoms with Crippen molar-refractivity contribution in [3.8, 4) is 11.1 Å². The van der Waals surface area contributed by atoms with Gasteiger partial charge >= 0.3 is 11.9 Å². The average Bonchev–Trinajstić information content (AvgIpc) is 2.94. The van der Waals surface area contributed by atoms with Gasteiger partial charge in [0.05, 0.1) is 11.1 Å². The molecule has 5 rings (SSSR count). The Morgan fingerprint density at radius 3 is 2.23 bits per heavy atom. The lowest BCUT2D eigenvalue weighted by Gasteiger charge is -2.35. The van der Waals surface area contributed by atoms with Gasteiger partial charge in [-0.25, -0.2) is 4.79 Å². The summed E-state index contributed by atoms with van der Waals surface area (Å²) in [6, 6.07) is 13.1. The van der Waals surface area contributed by atoms with Crippen molar-refractivity contribution in [1.82, 2.24) is 18.9 Å². The Balaban J connectivity index is 1.19. The van der Waals surface area contributed by atoms with Crippen LogP contribution in [0.3, 0.4) is 0 Å². The third kappa shape index (κ3) is 6.21. The van der Waals surface area contributed by atoms with Crippen LogP contribution in [0.25, 0.3) is 11.1 Å². The first kappa shape index (κ1) is 28.6. The Kier molecular flexibility index (Phi) is 8.83. The smallest absolute Gasteiger partial charge is 0.301 e. The van der Waals surface area contributed by atoms with Crippen LogP contribution in [0.2, 0.25) is 5.02 Å². The van der Waals surface area contributed by atoms with Crippen LogP contribution in [0.15, 0.2) is 58.1 Å². The fourth-order valence-corrected chi connectivity index (χ4v) is 6.11. The predicted molar refractivity (Wildman–Crippen MR) is 151 cm³/mol. The van der Waals surface area contributed by atoms with E-state index in [1.807, 2.05) is 18.2 Å². The minimum absolute atomic E-state index is 0.247. The molecular weight excluding hydrogens is 541 g/mol. The number of alkyl halides is 3. The van der Waals surface area contributed by atoms with Crippen LogP contribution in [0.1, 0.15) is 42.5 Å². The lowest BCUT2D eigenvalue weighted by Crippen LogP contribution is -2.46. The molecule has 2 aliphatic rings. The molecule has 0 saturated carbocycles. The van der Waals surface area contributed by atoms with Gasteiger partial charge in [-0.1, -0.05) is 48.0 Å². The van der Waals surface area contributed by atoms with Crippen molar-refractivity contribution in [2.24, 2.45) is 0 Å². The Morgan fingerprint density at radius 2 is 1.48 bits per heavy atom. The van der Waals surface area contributed by atoms with E-state index in [-0.39, 0.29) is 17.8 Å². The number of hydrogen-bond donors (Lipinski definition) is 0. The summed E-state index contributed by atoms with van der Waals surface area (Å²) >= 11 is 6.47. The molecule has 10 heteroatoms. The molecule has 2 aromatic carbocycles. The Labute approximate surface area is 236 Å². The number of nitrogens with zero attached hydrogens (tertiary/aromatic N) is 4. The molecule has 0 radical (unpaired) electrons. The summed E-state index contributed by atoms with van der Waals surface area (Å²) in [4.78, 5) is 31.2. The zero-order valence-corrected chi connectivity index (χ0v) is 23.2. The molecule has 1 fully saturated rings. The number of fused-ring (bicyclic) bond motifs is 1. The monoisotopic (exact) mass is 574 g/mol. The predicted octanol–water partition coefficient (Wildman–Crippen LogP) is 5.28. The molecule has 6 nitrogen and oxygen atoms in total. The fourth-order valence-electron chi connectivity index (χ4n) is 5.88. The van der Waals surface area contributed by atoms with E-state index in [1.54, 1.807) is 22.8 Å². The quantitative estimate of drug-likeness (QED) is 0.343. The van der Waals surface area contributed by atoms with E-state index in [0.717, 1.165) is 50.7 Å². The Hall–Kier alpha value is -2.88. The maximum absolute atomic E-state index is 13.6. The van der Waals surface area contributed by atoms with E-state index >= 15 is 0 Å². The van der Waals surface area contributed by atoms with Crippen molar-refractivity contribution in [3.63, 3.8) is 0 Å². The van der Waals surface area contributed by atoms with E-state index in [1.165, 1.54) is 10.6 Å². The van der Waals surface area contributed by atoms with Gasteiger partial charge in [-0.15, -0.1) is 0 Å². The van der Waals surface area contributed by atoms with Gasteiger partial charge in [0.2, 0.25) is 0 Å². The first-order valence-corrected chi connectivity index (χ1v) is 14.3.